The fraction of sp³-hybridized carbons (Fsp3) is 0.480. The van der Waals surface area contributed by atoms with Crippen LogP contribution in [0, 0.1) is 0 Å². The van der Waals surface area contributed by atoms with Crippen LogP contribution in [-0.2, 0) is 30.8 Å². The van der Waals surface area contributed by atoms with Gasteiger partial charge in [-0.25, -0.2) is 8.42 Å². The summed E-state index contributed by atoms with van der Waals surface area (Å²) in [4.78, 5) is 42.1. The third-order valence-corrected chi connectivity index (χ3v) is 9.34. The fourth-order valence-corrected chi connectivity index (χ4v) is 7.15. The van der Waals surface area contributed by atoms with E-state index in [1.54, 1.807) is 29.2 Å². The summed E-state index contributed by atoms with van der Waals surface area (Å²) >= 11 is 7.03. The van der Waals surface area contributed by atoms with Crippen molar-refractivity contribution in [3.63, 3.8) is 0 Å². The minimum Gasteiger partial charge on any atom is -0.370 e. The molecule has 2 N–H and O–H groups in total. The summed E-state index contributed by atoms with van der Waals surface area (Å²) in [5, 5.41) is 2.68. The topological polar surface area (TPSA) is 125 Å². The molecule has 38 heavy (non-hydrogen) atoms. The largest absolute Gasteiger partial charge is 0.370 e. The zero-order valence-corrected chi connectivity index (χ0v) is 23.5. The number of morpholine rings is 1. The average molecular weight is 583 g/mol. The van der Waals surface area contributed by atoms with E-state index in [0.717, 1.165) is 30.6 Å². The Balaban J connectivity index is 1.61. The molecule has 1 atom stereocenters. The molecule has 0 unspecified atom stereocenters. The molecule has 4 rings (SSSR count). The summed E-state index contributed by atoms with van der Waals surface area (Å²) in [6, 6.07) is 6.71. The van der Waals surface area contributed by atoms with Crippen LogP contribution in [0.15, 0.2) is 35.2 Å². The number of nitrogens with zero attached hydrogens (tertiary/aromatic N) is 2. The standard InChI is InChI=1S/C25H31ClN4O6S2/c1-2-17-19(30-13-14-36-16-23(30)31)7-6-8-21(17)38(34,35)28-18(25(33)29-11-4-3-5-12-29)15-27-24(32)20-9-10-22(26)37-20/h6-10,18,28H,2-5,11-16H2,1H3,(H,27,32)/t18-/m0/s1. The van der Waals surface area contributed by atoms with Crippen LogP contribution < -0.4 is 14.9 Å². The molecule has 1 aromatic carbocycles. The number of carbonyl (C=O) groups is 3. The lowest BCUT2D eigenvalue weighted by atomic mass is 10.1. The van der Waals surface area contributed by atoms with Gasteiger partial charge in [0.15, 0.2) is 0 Å². The molecule has 2 aromatic rings. The van der Waals surface area contributed by atoms with E-state index in [0.29, 0.717) is 53.1 Å². The Kier molecular flexibility index (Phi) is 9.42. The molecule has 2 saturated heterocycles. The van der Waals surface area contributed by atoms with Gasteiger partial charge < -0.3 is 19.9 Å². The SMILES string of the molecule is CCc1c(N2CCOCC2=O)cccc1S(=O)(=O)N[C@@H](CNC(=O)c1ccc(Cl)s1)C(=O)N1CCCCC1. The first kappa shape index (κ1) is 28.5. The van der Waals surface area contributed by atoms with Gasteiger partial charge in [0.2, 0.25) is 15.9 Å². The number of hydrogen-bond acceptors (Lipinski definition) is 7. The highest BCUT2D eigenvalue weighted by atomic mass is 35.5. The van der Waals surface area contributed by atoms with Crippen molar-refractivity contribution >= 4 is 56.4 Å². The summed E-state index contributed by atoms with van der Waals surface area (Å²) in [6.45, 7) is 3.24. The molecule has 2 fully saturated rings. The number of sulfonamides is 1. The lowest BCUT2D eigenvalue weighted by Gasteiger charge is -2.31. The van der Waals surface area contributed by atoms with Crippen LogP contribution in [0.5, 0.6) is 0 Å². The molecule has 3 heterocycles. The molecule has 0 radical (unpaired) electrons. The van der Waals surface area contributed by atoms with Crippen molar-refractivity contribution in [1.82, 2.24) is 14.9 Å². The molecule has 2 aliphatic rings. The minimum absolute atomic E-state index is 0.00963. The monoisotopic (exact) mass is 582 g/mol. The number of amides is 3. The Labute approximate surface area is 231 Å². The van der Waals surface area contributed by atoms with Crippen LogP contribution >= 0.6 is 22.9 Å². The summed E-state index contributed by atoms with van der Waals surface area (Å²) < 4.78 is 35.6. The number of benzene rings is 1. The van der Waals surface area contributed by atoms with Crippen LogP contribution in [0.3, 0.4) is 0 Å². The van der Waals surface area contributed by atoms with Crippen LogP contribution in [0.2, 0.25) is 4.34 Å². The van der Waals surface area contributed by atoms with Crippen molar-refractivity contribution < 1.29 is 27.5 Å². The Morgan fingerprint density at radius 1 is 1.13 bits per heavy atom. The number of nitrogens with one attached hydrogen (secondary N) is 2. The Bertz CT molecular complexity index is 1290. The molecule has 2 aliphatic heterocycles. The molecule has 0 saturated carbocycles. The second-order valence-corrected chi connectivity index (χ2v) is 12.5. The predicted octanol–water partition coefficient (Wildman–Crippen LogP) is 2.42. The molecule has 0 aliphatic carbocycles. The van der Waals surface area contributed by atoms with Gasteiger partial charge in [0.05, 0.1) is 20.7 Å². The van der Waals surface area contributed by atoms with Gasteiger partial charge >= 0.3 is 0 Å². The zero-order valence-electron chi connectivity index (χ0n) is 21.1. The van der Waals surface area contributed by atoms with Crippen LogP contribution in [0.1, 0.15) is 41.4 Å². The third-order valence-electron chi connectivity index (χ3n) is 6.55. The van der Waals surface area contributed by atoms with E-state index in [4.69, 9.17) is 16.3 Å². The first-order valence-electron chi connectivity index (χ1n) is 12.6. The summed E-state index contributed by atoms with van der Waals surface area (Å²) in [5.74, 6) is -1.09. The van der Waals surface area contributed by atoms with Crippen molar-refractivity contribution in [3.05, 3.63) is 45.1 Å². The number of anilines is 1. The van der Waals surface area contributed by atoms with Gasteiger partial charge in [0, 0.05) is 31.9 Å². The van der Waals surface area contributed by atoms with E-state index in [1.807, 2.05) is 6.92 Å². The van der Waals surface area contributed by atoms with E-state index < -0.39 is 27.9 Å². The third kappa shape index (κ3) is 6.55. The normalized spacial score (nSPS) is 17.4. The maximum absolute atomic E-state index is 13.7. The Hall–Kier alpha value is -2.51. The smallest absolute Gasteiger partial charge is 0.261 e. The van der Waals surface area contributed by atoms with Crippen molar-refractivity contribution in [1.29, 1.82) is 0 Å². The van der Waals surface area contributed by atoms with E-state index in [9.17, 15) is 22.8 Å². The summed E-state index contributed by atoms with van der Waals surface area (Å²) in [5.41, 5.74) is 0.974. The average Bonchev–Trinajstić information content (AvgIpc) is 3.37. The quantitative estimate of drug-likeness (QED) is 0.468. The lowest BCUT2D eigenvalue weighted by molar-refractivity contribution is -0.133. The number of rotatable bonds is 9. The Morgan fingerprint density at radius 2 is 1.89 bits per heavy atom. The maximum atomic E-state index is 13.7. The van der Waals surface area contributed by atoms with Gasteiger partial charge in [0.1, 0.15) is 12.6 Å². The van der Waals surface area contributed by atoms with E-state index >= 15 is 0 Å². The van der Waals surface area contributed by atoms with E-state index in [-0.39, 0.29) is 24.0 Å². The highest BCUT2D eigenvalue weighted by Crippen LogP contribution is 2.29. The molecule has 206 valence electrons. The minimum atomic E-state index is -4.21. The Morgan fingerprint density at radius 3 is 2.55 bits per heavy atom. The second-order valence-electron chi connectivity index (χ2n) is 9.08. The molecule has 3 amide bonds. The number of carbonyl (C=O) groups excluding carboxylic acids is 3. The van der Waals surface area contributed by atoms with Gasteiger partial charge in [-0.15, -0.1) is 11.3 Å². The second kappa shape index (κ2) is 12.6. The highest BCUT2D eigenvalue weighted by molar-refractivity contribution is 7.89. The van der Waals surface area contributed by atoms with E-state index in [1.165, 1.54) is 11.0 Å². The van der Waals surface area contributed by atoms with Crippen LogP contribution in [0.25, 0.3) is 0 Å². The first-order chi connectivity index (χ1) is 18.2. The van der Waals surface area contributed by atoms with Crippen molar-refractivity contribution in [2.75, 3.05) is 44.3 Å². The van der Waals surface area contributed by atoms with Gasteiger partial charge in [0.25, 0.3) is 11.8 Å². The molecular formula is C25H31ClN4O6S2. The molecule has 0 bridgehead atoms. The van der Waals surface area contributed by atoms with Crippen molar-refractivity contribution in [2.24, 2.45) is 0 Å². The predicted molar refractivity (Wildman–Crippen MR) is 145 cm³/mol. The number of likely N-dealkylation sites (tertiary alicyclic amines) is 1. The van der Waals surface area contributed by atoms with Gasteiger partial charge in [-0.2, -0.15) is 4.72 Å². The zero-order chi connectivity index (χ0) is 27.3. The number of thiophene rings is 1. The molecule has 13 heteroatoms. The molecule has 0 spiro atoms. The summed E-state index contributed by atoms with van der Waals surface area (Å²) in [6.07, 6.45) is 3.02. The molecule has 10 nitrogen and oxygen atoms in total. The first-order valence-corrected chi connectivity index (χ1v) is 15.2. The molecule has 1 aromatic heterocycles. The number of halogens is 1. The lowest BCUT2D eigenvalue weighted by Crippen LogP contribution is -2.54. The maximum Gasteiger partial charge on any atom is 0.261 e. The van der Waals surface area contributed by atoms with Crippen LogP contribution in [-0.4, -0.2) is 76.5 Å². The summed E-state index contributed by atoms with van der Waals surface area (Å²) in [7, 11) is -4.21. The number of ether oxygens (including phenoxy) is 1. The highest BCUT2D eigenvalue weighted by Gasteiger charge is 2.33. The fourth-order valence-electron chi connectivity index (χ4n) is 4.67. The number of hydrogen-bond donors (Lipinski definition) is 2. The van der Waals surface area contributed by atoms with Gasteiger partial charge in [-0.05, 0) is 55.5 Å². The van der Waals surface area contributed by atoms with Crippen molar-refractivity contribution in [2.45, 2.75) is 43.5 Å². The van der Waals surface area contributed by atoms with Gasteiger partial charge in [-0.3, -0.25) is 14.4 Å². The van der Waals surface area contributed by atoms with Gasteiger partial charge in [-0.1, -0.05) is 24.6 Å². The van der Waals surface area contributed by atoms with Crippen molar-refractivity contribution in [3.8, 4) is 0 Å². The molecular weight excluding hydrogens is 552 g/mol. The van der Waals surface area contributed by atoms with E-state index in [2.05, 4.69) is 10.0 Å². The van der Waals surface area contributed by atoms with Crippen LogP contribution in [0.4, 0.5) is 5.69 Å². The number of piperidine rings is 1.